The Balaban J connectivity index is 2.20. The summed E-state index contributed by atoms with van der Waals surface area (Å²) in [6.07, 6.45) is 0. The highest BCUT2D eigenvalue weighted by molar-refractivity contribution is 7.20. The zero-order chi connectivity index (χ0) is 17.3. The van der Waals surface area contributed by atoms with Crippen LogP contribution in [0.25, 0.3) is 21.6 Å². The van der Waals surface area contributed by atoms with Crippen molar-refractivity contribution in [2.24, 2.45) is 0 Å². The summed E-state index contributed by atoms with van der Waals surface area (Å²) in [5, 5.41) is 21.3. The van der Waals surface area contributed by atoms with Gasteiger partial charge in [0.1, 0.15) is 11.1 Å². The van der Waals surface area contributed by atoms with E-state index in [9.17, 15) is 15.4 Å². The number of benzene rings is 2. The summed E-state index contributed by atoms with van der Waals surface area (Å²) < 4.78 is 0. The van der Waals surface area contributed by atoms with Crippen LogP contribution in [0.2, 0.25) is 5.02 Å². The van der Waals surface area contributed by atoms with Gasteiger partial charge in [0.2, 0.25) is 0 Å². The van der Waals surface area contributed by atoms with Crippen molar-refractivity contribution < 1.29 is 4.92 Å². The predicted octanol–water partition coefficient (Wildman–Crippen LogP) is 5.10. The second-order valence-electron chi connectivity index (χ2n) is 4.97. The lowest BCUT2D eigenvalue weighted by Crippen LogP contribution is -1.88. The largest absolute Gasteiger partial charge is 0.389 e. The van der Waals surface area contributed by atoms with Crippen LogP contribution in [-0.4, -0.2) is 4.92 Å². The first kappa shape index (κ1) is 16.0. The van der Waals surface area contributed by atoms with E-state index in [0.29, 0.717) is 21.2 Å². The normalized spacial score (nSPS) is 10.3. The number of nitrogens with zero attached hydrogens (tertiary/aromatic N) is 2. The molecule has 0 aliphatic heterocycles. The highest BCUT2D eigenvalue weighted by Gasteiger charge is 2.20. The molecule has 5 nitrogen and oxygen atoms in total. The van der Waals surface area contributed by atoms with Crippen molar-refractivity contribution in [2.45, 2.75) is 0 Å². The van der Waals surface area contributed by atoms with Gasteiger partial charge >= 0.3 is 0 Å². The SMILES string of the molecule is N#Cc1c(N)sc(-c2ccc([N+](=O)[O-])cc2)c1-c1ccc(Cl)cc1. The summed E-state index contributed by atoms with van der Waals surface area (Å²) in [5.74, 6) is 0. The number of hydrogen-bond acceptors (Lipinski definition) is 5. The second kappa shape index (κ2) is 6.32. The fraction of sp³-hybridized carbons (Fsp3) is 0. The summed E-state index contributed by atoms with van der Waals surface area (Å²) >= 11 is 7.22. The molecule has 118 valence electrons. The molecule has 0 unspecified atom stereocenters. The van der Waals surface area contributed by atoms with Gasteiger partial charge in [-0.1, -0.05) is 23.7 Å². The average molecular weight is 356 g/mol. The van der Waals surface area contributed by atoms with Crippen LogP contribution in [0.4, 0.5) is 10.7 Å². The molecule has 0 fully saturated rings. The van der Waals surface area contributed by atoms with E-state index in [-0.39, 0.29) is 5.69 Å². The van der Waals surface area contributed by atoms with Crippen molar-refractivity contribution in [1.29, 1.82) is 5.26 Å². The van der Waals surface area contributed by atoms with Gasteiger partial charge in [0.15, 0.2) is 0 Å². The van der Waals surface area contributed by atoms with Crippen LogP contribution in [0.5, 0.6) is 0 Å². The number of anilines is 1. The van der Waals surface area contributed by atoms with Crippen LogP contribution in [-0.2, 0) is 0 Å². The summed E-state index contributed by atoms with van der Waals surface area (Å²) in [5.41, 5.74) is 8.70. The monoisotopic (exact) mass is 355 g/mol. The van der Waals surface area contributed by atoms with Crippen molar-refractivity contribution in [3.63, 3.8) is 0 Å². The Morgan fingerprint density at radius 2 is 1.67 bits per heavy atom. The van der Waals surface area contributed by atoms with Crippen molar-refractivity contribution in [2.75, 3.05) is 5.73 Å². The molecule has 0 saturated carbocycles. The molecule has 3 rings (SSSR count). The van der Waals surface area contributed by atoms with Crippen LogP contribution in [0.15, 0.2) is 48.5 Å². The van der Waals surface area contributed by atoms with Crippen LogP contribution in [0.1, 0.15) is 5.56 Å². The first-order chi connectivity index (χ1) is 11.5. The molecular weight excluding hydrogens is 346 g/mol. The first-order valence-electron chi connectivity index (χ1n) is 6.84. The maximum absolute atomic E-state index is 10.8. The summed E-state index contributed by atoms with van der Waals surface area (Å²) in [4.78, 5) is 11.1. The van der Waals surface area contributed by atoms with Crippen LogP contribution < -0.4 is 5.73 Å². The Labute approximate surface area is 146 Å². The maximum Gasteiger partial charge on any atom is 0.269 e. The molecule has 0 bridgehead atoms. The number of hydrogen-bond donors (Lipinski definition) is 1. The molecule has 0 atom stereocenters. The minimum absolute atomic E-state index is 0.0110. The Kier molecular flexibility index (Phi) is 4.21. The third-order valence-corrected chi connectivity index (χ3v) is 4.84. The number of nitriles is 1. The fourth-order valence-corrected chi connectivity index (χ4v) is 3.56. The molecule has 0 aliphatic rings. The van der Waals surface area contributed by atoms with Crippen molar-refractivity contribution in [3.8, 4) is 27.6 Å². The lowest BCUT2D eigenvalue weighted by atomic mass is 9.98. The van der Waals surface area contributed by atoms with Gasteiger partial charge in [-0.3, -0.25) is 10.1 Å². The van der Waals surface area contributed by atoms with Gasteiger partial charge in [0.05, 0.1) is 10.5 Å². The van der Waals surface area contributed by atoms with E-state index < -0.39 is 4.92 Å². The number of nitrogens with two attached hydrogens (primary N) is 1. The summed E-state index contributed by atoms with van der Waals surface area (Å²) in [6.45, 7) is 0. The second-order valence-corrected chi connectivity index (χ2v) is 6.46. The molecule has 1 aromatic heterocycles. The smallest absolute Gasteiger partial charge is 0.269 e. The van der Waals surface area contributed by atoms with Gasteiger partial charge in [0, 0.05) is 27.6 Å². The van der Waals surface area contributed by atoms with Gasteiger partial charge in [-0.2, -0.15) is 5.26 Å². The number of rotatable bonds is 3. The van der Waals surface area contributed by atoms with Gasteiger partial charge in [-0.15, -0.1) is 11.3 Å². The average Bonchev–Trinajstić information content (AvgIpc) is 2.92. The van der Waals surface area contributed by atoms with E-state index in [4.69, 9.17) is 17.3 Å². The number of halogens is 1. The molecule has 0 amide bonds. The standard InChI is InChI=1S/C17H10ClN3O2S/c18-12-5-1-10(2-6-12)15-14(9-19)17(20)24-16(15)11-3-7-13(8-4-11)21(22)23/h1-8H,20H2. The number of nitro groups is 1. The molecule has 2 aromatic carbocycles. The van der Waals surface area contributed by atoms with Gasteiger partial charge in [0.25, 0.3) is 5.69 Å². The maximum atomic E-state index is 10.8. The lowest BCUT2D eigenvalue weighted by Gasteiger charge is -2.05. The topological polar surface area (TPSA) is 93.0 Å². The molecule has 24 heavy (non-hydrogen) atoms. The zero-order valence-corrected chi connectivity index (χ0v) is 13.8. The minimum Gasteiger partial charge on any atom is -0.389 e. The van der Waals surface area contributed by atoms with E-state index in [1.54, 1.807) is 24.3 Å². The fourth-order valence-electron chi connectivity index (χ4n) is 2.39. The highest BCUT2D eigenvalue weighted by atomic mass is 35.5. The molecule has 0 saturated heterocycles. The number of nitro benzene ring substituents is 1. The predicted molar refractivity (Wildman–Crippen MR) is 96.0 cm³/mol. The number of thiophene rings is 1. The minimum atomic E-state index is -0.451. The molecule has 0 radical (unpaired) electrons. The molecule has 7 heteroatoms. The quantitative estimate of drug-likeness (QED) is 0.522. The molecular formula is C17H10ClN3O2S. The van der Waals surface area contributed by atoms with E-state index in [1.165, 1.54) is 23.5 Å². The summed E-state index contributed by atoms with van der Waals surface area (Å²) in [6, 6.07) is 15.4. The van der Waals surface area contributed by atoms with E-state index in [1.807, 2.05) is 12.1 Å². The van der Waals surface area contributed by atoms with Crippen LogP contribution in [0, 0.1) is 21.4 Å². The number of nitrogen functional groups attached to an aromatic ring is 1. The van der Waals surface area contributed by atoms with Gasteiger partial charge < -0.3 is 5.73 Å². The Morgan fingerprint density at radius 3 is 2.21 bits per heavy atom. The zero-order valence-electron chi connectivity index (χ0n) is 12.2. The Bertz CT molecular complexity index is 957. The third-order valence-electron chi connectivity index (χ3n) is 3.52. The highest BCUT2D eigenvalue weighted by Crippen LogP contribution is 2.44. The van der Waals surface area contributed by atoms with E-state index in [0.717, 1.165) is 16.0 Å². The van der Waals surface area contributed by atoms with E-state index in [2.05, 4.69) is 6.07 Å². The molecule has 0 spiro atoms. The van der Waals surface area contributed by atoms with Crippen molar-refractivity contribution in [3.05, 3.63) is 69.2 Å². The third kappa shape index (κ3) is 2.83. The Morgan fingerprint density at radius 1 is 1.08 bits per heavy atom. The molecule has 1 heterocycles. The molecule has 3 aromatic rings. The van der Waals surface area contributed by atoms with Crippen LogP contribution >= 0.6 is 22.9 Å². The molecule has 0 aliphatic carbocycles. The first-order valence-corrected chi connectivity index (χ1v) is 8.04. The Hall–Kier alpha value is -2.88. The van der Waals surface area contributed by atoms with Gasteiger partial charge in [-0.25, -0.2) is 0 Å². The number of non-ortho nitro benzene ring substituents is 1. The van der Waals surface area contributed by atoms with Crippen LogP contribution in [0.3, 0.4) is 0 Å². The van der Waals surface area contributed by atoms with E-state index >= 15 is 0 Å². The molecule has 2 N–H and O–H groups in total. The summed E-state index contributed by atoms with van der Waals surface area (Å²) in [7, 11) is 0. The van der Waals surface area contributed by atoms with Crippen molar-refractivity contribution in [1.82, 2.24) is 0 Å². The van der Waals surface area contributed by atoms with Crippen molar-refractivity contribution >= 4 is 33.6 Å². The van der Waals surface area contributed by atoms with Gasteiger partial charge in [-0.05, 0) is 35.4 Å². The lowest BCUT2D eigenvalue weighted by molar-refractivity contribution is -0.384.